The second kappa shape index (κ2) is 4.33. The molecule has 0 aromatic heterocycles. The Morgan fingerprint density at radius 1 is 0.947 bits per heavy atom. The Bertz CT molecular complexity index is 451. The number of hydrogen-bond donors (Lipinski definition) is 0. The molecule has 3 aliphatic rings. The summed E-state index contributed by atoms with van der Waals surface area (Å²) in [4.78, 5) is 26.5. The molecule has 0 aromatic rings. The second-order valence-electron chi connectivity index (χ2n) is 6.40. The summed E-state index contributed by atoms with van der Waals surface area (Å²) in [5, 5.41) is 9.57. The minimum Gasteiger partial charge on any atom is -0.274 e. The fourth-order valence-corrected chi connectivity index (χ4v) is 4.19. The van der Waals surface area contributed by atoms with Crippen LogP contribution >= 0.6 is 0 Å². The molecule has 0 bridgehead atoms. The van der Waals surface area contributed by atoms with E-state index in [0.717, 1.165) is 44.9 Å². The van der Waals surface area contributed by atoms with Crippen LogP contribution in [0.25, 0.3) is 0 Å². The number of nitriles is 1. The summed E-state index contributed by atoms with van der Waals surface area (Å²) in [6.07, 6.45) is 8.38. The largest absolute Gasteiger partial charge is 0.274 e. The lowest BCUT2D eigenvalue weighted by Crippen LogP contribution is -2.53. The molecule has 2 amide bonds. The molecule has 4 heteroatoms. The average Bonchev–Trinajstić information content (AvgIpc) is 2.98. The average molecular weight is 260 g/mol. The SMILES string of the molecule is N#CC1(N2C(=O)CC3(CCCC3)C2=O)CCCCC1. The maximum atomic E-state index is 12.8. The van der Waals surface area contributed by atoms with Crippen LogP contribution in [-0.2, 0) is 9.59 Å². The van der Waals surface area contributed by atoms with Gasteiger partial charge in [0.1, 0.15) is 5.54 Å². The predicted molar refractivity (Wildman–Crippen MR) is 68.8 cm³/mol. The molecule has 0 radical (unpaired) electrons. The highest BCUT2D eigenvalue weighted by atomic mass is 16.2. The predicted octanol–water partition coefficient (Wildman–Crippen LogP) is 2.53. The van der Waals surface area contributed by atoms with Crippen LogP contribution in [0.3, 0.4) is 0 Å². The molecule has 1 aliphatic heterocycles. The summed E-state index contributed by atoms with van der Waals surface area (Å²) in [5.74, 6) is -0.145. The lowest BCUT2D eigenvalue weighted by molar-refractivity contribution is -0.147. The summed E-state index contributed by atoms with van der Waals surface area (Å²) < 4.78 is 0. The van der Waals surface area contributed by atoms with E-state index in [1.54, 1.807) is 0 Å². The maximum absolute atomic E-state index is 12.8. The van der Waals surface area contributed by atoms with E-state index in [2.05, 4.69) is 6.07 Å². The Kier molecular flexibility index (Phi) is 2.88. The van der Waals surface area contributed by atoms with Crippen molar-refractivity contribution in [1.29, 1.82) is 5.26 Å². The molecule has 0 aromatic carbocycles. The normalized spacial score (nSPS) is 28.9. The van der Waals surface area contributed by atoms with E-state index < -0.39 is 11.0 Å². The van der Waals surface area contributed by atoms with Crippen LogP contribution in [0.4, 0.5) is 0 Å². The maximum Gasteiger partial charge on any atom is 0.237 e. The monoisotopic (exact) mass is 260 g/mol. The van der Waals surface area contributed by atoms with Crippen LogP contribution in [-0.4, -0.2) is 22.3 Å². The first-order valence-corrected chi connectivity index (χ1v) is 7.42. The second-order valence-corrected chi connectivity index (χ2v) is 6.40. The van der Waals surface area contributed by atoms with Gasteiger partial charge in [0.05, 0.1) is 11.5 Å². The third-order valence-electron chi connectivity index (χ3n) is 5.27. The van der Waals surface area contributed by atoms with E-state index in [4.69, 9.17) is 0 Å². The molecule has 19 heavy (non-hydrogen) atoms. The third-order valence-corrected chi connectivity index (χ3v) is 5.27. The van der Waals surface area contributed by atoms with E-state index in [0.29, 0.717) is 19.3 Å². The van der Waals surface area contributed by atoms with Crippen molar-refractivity contribution in [3.63, 3.8) is 0 Å². The standard InChI is InChI=1S/C15H20N2O2/c16-11-15(8-2-1-3-9-15)17-12(18)10-14(13(17)19)6-4-5-7-14/h1-10H2. The molecule has 2 aliphatic carbocycles. The van der Waals surface area contributed by atoms with Crippen LogP contribution in [0.5, 0.6) is 0 Å². The van der Waals surface area contributed by atoms with Crippen molar-refractivity contribution < 1.29 is 9.59 Å². The van der Waals surface area contributed by atoms with Gasteiger partial charge in [-0.05, 0) is 25.7 Å². The lowest BCUT2D eigenvalue weighted by Gasteiger charge is -2.38. The van der Waals surface area contributed by atoms with Crippen molar-refractivity contribution in [2.45, 2.75) is 69.7 Å². The Hall–Kier alpha value is -1.37. The molecular formula is C15H20N2O2. The van der Waals surface area contributed by atoms with Gasteiger partial charge in [-0.15, -0.1) is 0 Å². The molecule has 1 saturated heterocycles. The number of imide groups is 1. The van der Waals surface area contributed by atoms with Gasteiger partial charge in [0.15, 0.2) is 0 Å². The van der Waals surface area contributed by atoms with Crippen molar-refractivity contribution in [2.24, 2.45) is 5.41 Å². The number of amides is 2. The number of carbonyl (C=O) groups excluding carboxylic acids is 2. The van der Waals surface area contributed by atoms with Crippen molar-refractivity contribution in [2.75, 3.05) is 0 Å². The first-order valence-electron chi connectivity index (χ1n) is 7.42. The zero-order chi connectivity index (χ0) is 13.5. The van der Waals surface area contributed by atoms with Crippen LogP contribution in [0.2, 0.25) is 0 Å². The molecule has 0 unspecified atom stereocenters. The summed E-state index contributed by atoms with van der Waals surface area (Å²) >= 11 is 0. The van der Waals surface area contributed by atoms with E-state index in [1.807, 2.05) is 0 Å². The van der Waals surface area contributed by atoms with Gasteiger partial charge in [0.2, 0.25) is 11.8 Å². The molecule has 102 valence electrons. The molecule has 3 fully saturated rings. The zero-order valence-corrected chi connectivity index (χ0v) is 11.3. The van der Waals surface area contributed by atoms with Gasteiger partial charge in [-0.25, -0.2) is 0 Å². The molecule has 1 spiro atoms. The topological polar surface area (TPSA) is 61.2 Å². The van der Waals surface area contributed by atoms with E-state index in [9.17, 15) is 14.9 Å². The van der Waals surface area contributed by atoms with Crippen molar-refractivity contribution >= 4 is 11.8 Å². The zero-order valence-electron chi connectivity index (χ0n) is 11.3. The smallest absolute Gasteiger partial charge is 0.237 e. The van der Waals surface area contributed by atoms with Crippen molar-refractivity contribution in [1.82, 2.24) is 4.90 Å². The van der Waals surface area contributed by atoms with Crippen molar-refractivity contribution in [3.8, 4) is 6.07 Å². The van der Waals surface area contributed by atoms with E-state index >= 15 is 0 Å². The number of rotatable bonds is 1. The first-order chi connectivity index (χ1) is 9.14. The van der Waals surface area contributed by atoms with Crippen LogP contribution < -0.4 is 0 Å². The van der Waals surface area contributed by atoms with Gasteiger partial charge in [-0.2, -0.15) is 5.26 Å². The van der Waals surface area contributed by atoms with Gasteiger partial charge in [-0.1, -0.05) is 32.1 Å². The van der Waals surface area contributed by atoms with E-state index in [1.165, 1.54) is 4.90 Å². The van der Waals surface area contributed by atoms with Gasteiger partial charge in [-0.3, -0.25) is 14.5 Å². The number of likely N-dealkylation sites (tertiary alicyclic amines) is 1. The number of hydrogen-bond acceptors (Lipinski definition) is 3. The number of nitrogens with zero attached hydrogens (tertiary/aromatic N) is 2. The highest BCUT2D eigenvalue weighted by Crippen LogP contribution is 2.50. The van der Waals surface area contributed by atoms with Gasteiger partial charge < -0.3 is 0 Å². The molecule has 3 rings (SSSR count). The third kappa shape index (κ3) is 1.71. The van der Waals surface area contributed by atoms with E-state index in [-0.39, 0.29) is 11.8 Å². The lowest BCUT2D eigenvalue weighted by atomic mass is 9.80. The molecule has 4 nitrogen and oxygen atoms in total. The summed E-state index contributed by atoms with van der Waals surface area (Å²) in [7, 11) is 0. The molecule has 0 atom stereocenters. The van der Waals surface area contributed by atoms with Gasteiger partial charge in [0.25, 0.3) is 0 Å². The fraction of sp³-hybridized carbons (Fsp3) is 0.800. The minimum absolute atomic E-state index is 0.0431. The van der Waals surface area contributed by atoms with Crippen LogP contribution in [0.1, 0.15) is 64.2 Å². The highest BCUT2D eigenvalue weighted by molar-refractivity contribution is 6.07. The first kappa shape index (κ1) is 12.7. The molecule has 1 heterocycles. The summed E-state index contributed by atoms with van der Waals surface area (Å²) in [6.45, 7) is 0. The Morgan fingerprint density at radius 3 is 2.11 bits per heavy atom. The summed E-state index contributed by atoms with van der Waals surface area (Å²) in [6, 6.07) is 2.31. The Morgan fingerprint density at radius 2 is 1.53 bits per heavy atom. The molecule has 0 N–H and O–H groups in total. The molecular weight excluding hydrogens is 240 g/mol. The highest BCUT2D eigenvalue weighted by Gasteiger charge is 2.58. The van der Waals surface area contributed by atoms with Crippen molar-refractivity contribution in [3.05, 3.63) is 0 Å². The Labute approximate surface area is 113 Å². The van der Waals surface area contributed by atoms with Gasteiger partial charge in [0, 0.05) is 6.42 Å². The number of carbonyl (C=O) groups is 2. The van der Waals surface area contributed by atoms with Crippen LogP contribution in [0.15, 0.2) is 0 Å². The Balaban J connectivity index is 1.94. The summed E-state index contributed by atoms with van der Waals surface area (Å²) in [5.41, 5.74) is -1.28. The fourth-order valence-electron chi connectivity index (χ4n) is 4.19. The van der Waals surface area contributed by atoms with Crippen LogP contribution in [0, 0.1) is 16.7 Å². The van der Waals surface area contributed by atoms with Gasteiger partial charge >= 0.3 is 0 Å². The molecule has 2 saturated carbocycles. The minimum atomic E-state index is -0.835. The quantitative estimate of drug-likeness (QED) is 0.681.